The van der Waals surface area contributed by atoms with E-state index in [1.54, 1.807) is 7.11 Å². The fraction of sp³-hybridized carbons (Fsp3) is 0.286. The van der Waals surface area contributed by atoms with Gasteiger partial charge >= 0.3 is 0 Å². The zero-order chi connectivity index (χ0) is 13.0. The maximum absolute atomic E-state index is 5.88. The molecule has 1 aromatic heterocycles. The van der Waals surface area contributed by atoms with Crippen molar-refractivity contribution in [1.29, 1.82) is 0 Å². The molecule has 0 aliphatic rings. The minimum Gasteiger partial charge on any atom is -0.399 e. The largest absolute Gasteiger partial charge is 0.399 e. The number of anilines is 2. The number of rotatable bonds is 5. The molecule has 0 aliphatic heterocycles. The molecular formula is C14H19N3O. The van der Waals surface area contributed by atoms with E-state index in [1.165, 1.54) is 0 Å². The lowest BCUT2D eigenvalue weighted by molar-refractivity contribution is 0.206. The van der Waals surface area contributed by atoms with Crippen molar-refractivity contribution in [2.24, 2.45) is 0 Å². The number of nitrogen functional groups attached to an aromatic ring is 1. The molecule has 4 nitrogen and oxygen atoms in total. The topological polar surface area (TPSA) is 54.3 Å². The Balaban J connectivity index is 2.35. The molecule has 0 aliphatic carbocycles. The summed E-state index contributed by atoms with van der Waals surface area (Å²) < 4.78 is 5.12. The molecular weight excluding hydrogens is 226 g/mol. The van der Waals surface area contributed by atoms with Crippen molar-refractivity contribution in [3.8, 4) is 11.1 Å². The van der Waals surface area contributed by atoms with E-state index in [9.17, 15) is 0 Å². The summed E-state index contributed by atoms with van der Waals surface area (Å²) >= 11 is 0. The summed E-state index contributed by atoms with van der Waals surface area (Å²) in [6, 6.07) is 8.02. The Kier molecular flexibility index (Phi) is 3.89. The molecule has 0 bridgehead atoms. The average molecular weight is 245 g/mol. The van der Waals surface area contributed by atoms with Crippen LogP contribution in [0.4, 0.5) is 11.4 Å². The summed E-state index contributed by atoms with van der Waals surface area (Å²) in [5.41, 5.74) is 10.1. The molecule has 0 spiro atoms. The number of nitrogens with two attached hydrogens (primary N) is 1. The van der Waals surface area contributed by atoms with Gasteiger partial charge in [-0.05, 0) is 24.3 Å². The van der Waals surface area contributed by atoms with Crippen molar-refractivity contribution in [3.63, 3.8) is 0 Å². The number of nitrogens with zero attached hydrogens (tertiary/aromatic N) is 1. The molecule has 2 aromatic rings. The highest BCUT2D eigenvalue weighted by Crippen LogP contribution is 2.31. The molecule has 3 N–H and O–H groups in total. The Morgan fingerprint density at radius 3 is 2.83 bits per heavy atom. The van der Waals surface area contributed by atoms with E-state index in [0.717, 1.165) is 29.0 Å². The number of methoxy groups -OCH3 is 1. The lowest BCUT2D eigenvalue weighted by Crippen LogP contribution is -2.22. The van der Waals surface area contributed by atoms with E-state index < -0.39 is 0 Å². The number of hydrogen-bond acceptors (Lipinski definition) is 3. The Bertz CT molecular complexity index is 494. The molecule has 0 fully saturated rings. The van der Waals surface area contributed by atoms with Gasteiger partial charge in [-0.15, -0.1) is 0 Å². The number of aromatic amines is 1. The highest BCUT2D eigenvalue weighted by atomic mass is 16.5. The van der Waals surface area contributed by atoms with Crippen LogP contribution in [0.25, 0.3) is 11.1 Å². The number of aromatic nitrogens is 1. The fourth-order valence-electron chi connectivity index (χ4n) is 1.96. The van der Waals surface area contributed by atoms with Gasteiger partial charge in [0.1, 0.15) is 0 Å². The number of H-pyrrole nitrogens is 1. The number of hydrogen-bond donors (Lipinski definition) is 2. The van der Waals surface area contributed by atoms with Gasteiger partial charge in [-0.2, -0.15) is 0 Å². The van der Waals surface area contributed by atoms with Crippen LogP contribution in [0, 0.1) is 0 Å². The van der Waals surface area contributed by atoms with Crippen LogP contribution in [0.3, 0.4) is 0 Å². The minimum absolute atomic E-state index is 0.702. The van der Waals surface area contributed by atoms with Crippen LogP contribution in [-0.2, 0) is 4.74 Å². The van der Waals surface area contributed by atoms with E-state index in [1.807, 2.05) is 36.7 Å². The van der Waals surface area contributed by atoms with Gasteiger partial charge in [0.25, 0.3) is 0 Å². The van der Waals surface area contributed by atoms with Gasteiger partial charge in [0, 0.05) is 55.6 Å². The molecule has 4 heteroatoms. The predicted octanol–water partition coefficient (Wildman–Crippen LogP) is 2.35. The molecule has 18 heavy (non-hydrogen) atoms. The molecule has 0 amide bonds. The van der Waals surface area contributed by atoms with E-state index in [-0.39, 0.29) is 0 Å². The third kappa shape index (κ3) is 2.65. The van der Waals surface area contributed by atoms with Crippen LogP contribution in [0.5, 0.6) is 0 Å². The number of likely N-dealkylation sites (N-methyl/N-ethyl adjacent to an activating group) is 1. The molecule has 0 atom stereocenters. The summed E-state index contributed by atoms with van der Waals surface area (Å²) in [5, 5.41) is 0. The molecule has 0 saturated heterocycles. The van der Waals surface area contributed by atoms with Gasteiger partial charge in [-0.25, -0.2) is 0 Å². The van der Waals surface area contributed by atoms with Crippen molar-refractivity contribution in [3.05, 3.63) is 36.7 Å². The van der Waals surface area contributed by atoms with Crippen LogP contribution in [0.1, 0.15) is 0 Å². The first kappa shape index (κ1) is 12.5. The van der Waals surface area contributed by atoms with Crippen molar-refractivity contribution < 1.29 is 4.74 Å². The summed E-state index contributed by atoms with van der Waals surface area (Å²) in [6.45, 7) is 1.55. The molecule has 96 valence electrons. The third-order valence-corrected chi connectivity index (χ3v) is 2.97. The zero-order valence-corrected chi connectivity index (χ0v) is 10.8. The fourth-order valence-corrected chi connectivity index (χ4v) is 1.96. The number of nitrogens with one attached hydrogen (secondary N) is 1. The molecule has 2 rings (SSSR count). The van der Waals surface area contributed by atoms with Crippen LogP contribution in [-0.4, -0.2) is 32.3 Å². The van der Waals surface area contributed by atoms with Gasteiger partial charge in [0.05, 0.1) is 6.61 Å². The van der Waals surface area contributed by atoms with Crippen LogP contribution >= 0.6 is 0 Å². The highest BCUT2D eigenvalue weighted by Gasteiger charge is 2.10. The molecule has 1 heterocycles. The first-order valence-corrected chi connectivity index (χ1v) is 5.95. The molecule has 0 unspecified atom stereocenters. The van der Waals surface area contributed by atoms with Gasteiger partial charge in [-0.1, -0.05) is 0 Å². The van der Waals surface area contributed by atoms with E-state index in [2.05, 4.69) is 16.9 Å². The van der Waals surface area contributed by atoms with Crippen molar-refractivity contribution in [1.82, 2.24) is 4.98 Å². The Labute approximate surface area is 107 Å². The molecule has 1 aromatic carbocycles. The van der Waals surface area contributed by atoms with E-state index in [4.69, 9.17) is 10.5 Å². The predicted molar refractivity (Wildman–Crippen MR) is 75.8 cm³/mol. The Hall–Kier alpha value is -1.94. The second-order valence-corrected chi connectivity index (χ2v) is 4.29. The quantitative estimate of drug-likeness (QED) is 0.795. The number of ether oxygens (including phenoxy) is 1. The van der Waals surface area contributed by atoms with Crippen LogP contribution in [0.2, 0.25) is 0 Å². The minimum atomic E-state index is 0.702. The maximum atomic E-state index is 5.88. The normalized spacial score (nSPS) is 10.6. The summed E-state index contributed by atoms with van der Waals surface area (Å²) in [4.78, 5) is 5.24. The van der Waals surface area contributed by atoms with E-state index in [0.29, 0.717) is 6.61 Å². The monoisotopic (exact) mass is 245 g/mol. The van der Waals surface area contributed by atoms with Crippen molar-refractivity contribution in [2.45, 2.75) is 0 Å². The van der Waals surface area contributed by atoms with Gasteiger partial charge < -0.3 is 20.4 Å². The third-order valence-electron chi connectivity index (χ3n) is 2.97. The summed E-state index contributed by atoms with van der Waals surface area (Å²) in [5.74, 6) is 0. The maximum Gasteiger partial charge on any atom is 0.0637 e. The standard InChI is InChI=1S/C14H19N3O/c1-17(7-8-18-2)14-4-3-12(15)9-13(14)11-5-6-16-10-11/h3-6,9-10,16H,7-8,15H2,1-2H3. The van der Waals surface area contributed by atoms with Crippen LogP contribution < -0.4 is 10.6 Å². The lowest BCUT2D eigenvalue weighted by Gasteiger charge is -2.22. The lowest BCUT2D eigenvalue weighted by atomic mass is 10.1. The average Bonchev–Trinajstić information content (AvgIpc) is 2.89. The second-order valence-electron chi connectivity index (χ2n) is 4.29. The molecule has 0 saturated carbocycles. The highest BCUT2D eigenvalue weighted by molar-refractivity contribution is 5.81. The van der Waals surface area contributed by atoms with Crippen LogP contribution in [0.15, 0.2) is 36.7 Å². The molecule has 0 radical (unpaired) electrons. The first-order valence-electron chi connectivity index (χ1n) is 5.95. The number of benzene rings is 1. The SMILES string of the molecule is COCCN(C)c1ccc(N)cc1-c1cc[nH]c1. The van der Waals surface area contributed by atoms with Gasteiger partial charge in [0.15, 0.2) is 0 Å². The van der Waals surface area contributed by atoms with Crippen molar-refractivity contribution in [2.75, 3.05) is 37.9 Å². The van der Waals surface area contributed by atoms with Crippen molar-refractivity contribution >= 4 is 11.4 Å². The second kappa shape index (κ2) is 5.60. The summed E-state index contributed by atoms with van der Waals surface area (Å²) in [6.07, 6.45) is 3.89. The summed E-state index contributed by atoms with van der Waals surface area (Å²) in [7, 11) is 3.77. The smallest absolute Gasteiger partial charge is 0.0637 e. The van der Waals surface area contributed by atoms with Gasteiger partial charge in [0.2, 0.25) is 0 Å². The van der Waals surface area contributed by atoms with Gasteiger partial charge in [-0.3, -0.25) is 0 Å². The van der Waals surface area contributed by atoms with E-state index >= 15 is 0 Å². The first-order chi connectivity index (χ1) is 8.72. The Morgan fingerprint density at radius 2 is 2.17 bits per heavy atom. The zero-order valence-electron chi connectivity index (χ0n) is 10.8. The Morgan fingerprint density at radius 1 is 1.33 bits per heavy atom.